The number of hydrogen-bond donors (Lipinski definition) is 0. The molecule has 0 atom stereocenters. The molecule has 1 aliphatic rings. The minimum Gasteiger partial charge on any atom is -1.00 e. The predicted octanol–water partition coefficient (Wildman–Crippen LogP) is -2.49. The molecule has 0 unspecified atom stereocenters. The van der Waals surface area contributed by atoms with Gasteiger partial charge >= 0.3 is 18.6 Å². The number of halogens is 2. The molecule has 14 heavy (non-hydrogen) atoms. The van der Waals surface area contributed by atoms with Crippen molar-refractivity contribution in [3.05, 3.63) is 22.8 Å². The van der Waals surface area contributed by atoms with Gasteiger partial charge in [-0.05, 0) is 0 Å². The van der Waals surface area contributed by atoms with Crippen LogP contribution in [0.3, 0.4) is 0 Å². The molecule has 0 aliphatic heterocycles. The summed E-state index contributed by atoms with van der Waals surface area (Å²) in [5.41, 5.74) is 4.54. The van der Waals surface area contributed by atoms with E-state index in [4.69, 9.17) is 0 Å². The van der Waals surface area contributed by atoms with Crippen LogP contribution >= 0.6 is 0 Å². The van der Waals surface area contributed by atoms with Crippen molar-refractivity contribution in [1.29, 1.82) is 0 Å². The molecule has 0 heterocycles. The van der Waals surface area contributed by atoms with Gasteiger partial charge in [-0.2, -0.15) is 11.1 Å². The fraction of sp³-hybridized carbons (Fsp3) is 0.636. The van der Waals surface area contributed by atoms with E-state index in [1.165, 1.54) is 16.7 Å². The van der Waals surface area contributed by atoms with Crippen LogP contribution in [0, 0.1) is 11.5 Å². The van der Waals surface area contributed by atoms with E-state index >= 15 is 0 Å². The molecular formula is C11H17Cl2V-. The van der Waals surface area contributed by atoms with Crippen LogP contribution in [-0.4, -0.2) is 0 Å². The second kappa shape index (κ2) is 7.01. The maximum absolute atomic E-state index is 3.52. The van der Waals surface area contributed by atoms with Gasteiger partial charge in [0.25, 0.3) is 0 Å². The van der Waals surface area contributed by atoms with Gasteiger partial charge in [0, 0.05) is 0 Å². The Morgan fingerprint density at radius 2 is 1.57 bits per heavy atom. The minimum absolute atomic E-state index is 0. The van der Waals surface area contributed by atoms with E-state index in [9.17, 15) is 0 Å². The molecule has 0 saturated carbocycles. The molecule has 0 N–H and O–H groups in total. The van der Waals surface area contributed by atoms with E-state index in [1.54, 1.807) is 0 Å². The Morgan fingerprint density at radius 1 is 1.14 bits per heavy atom. The van der Waals surface area contributed by atoms with Crippen LogP contribution in [-0.2, 0) is 18.6 Å². The fourth-order valence-electron chi connectivity index (χ4n) is 1.61. The molecule has 0 aromatic heterocycles. The third-order valence-electron chi connectivity index (χ3n) is 2.77. The molecule has 0 amide bonds. The van der Waals surface area contributed by atoms with Crippen LogP contribution in [0.5, 0.6) is 0 Å². The van der Waals surface area contributed by atoms with Gasteiger partial charge in [-0.3, -0.25) is 6.08 Å². The number of allylic oxidation sites excluding steroid dienone is 4. The van der Waals surface area contributed by atoms with Gasteiger partial charge in [-0.15, -0.1) is 6.92 Å². The molecule has 1 radical (unpaired) electrons. The molecule has 0 nitrogen and oxygen atoms in total. The summed E-state index contributed by atoms with van der Waals surface area (Å²) in [6, 6.07) is 0. The summed E-state index contributed by atoms with van der Waals surface area (Å²) < 4.78 is 0. The first-order valence-electron chi connectivity index (χ1n) is 4.31. The minimum atomic E-state index is 0. The normalized spacial score (nSPS) is 17.6. The van der Waals surface area contributed by atoms with E-state index in [0.717, 1.165) is 6.42 Å². The number of hydrogen-bond acceptors (Lipinski definition) is 0. The smallest absolute Gasteiger partial charge is 1.00 e. The van der Waals surface area contributed by atoms with Crippen molar-refractivity contribution in [1.82, 2.24) is 0 Å². The standard InChI is InChI=1S/C11H17.2ClH.V/c1-6-10-7-11(4,5)9(3)8(10)2;;;/h6H2,1-5H3;2*1H;/q-1;;;+2/p-2. The van der Waals surface area contributed by atoms with Crippen LogP contribution in [0.2, 0.25) is 0 Å². The van der Waals surface area contributed by atoms with E-state index in [0.29, 0.717) is 0 Å². The van der Waals surface area contributed by atoms with Gasteiger partial charge in [0.05, 0.1) is 0 Å². The Hall–Kier alpha value is 0.644. The third-order valence-corrected chi connectivity index (χ3v) is 2.77. The van der Waals surface area contributed by atoms with Crippen LogP contribution < -0.4 is 24.8 Å². The molecule has 81 valence electrons. The summed E-state index contributed by atoms with van der Waals surface area (Å²) in [6.07, 6.45) is 4.64. The molecule has 0 fully saturated rings. The molecule has 0 saturated heterocycles. The van der Waals surface area contributed by atoms with Crippen LogP contribution in [0.1, 0.15) is 41.0 Å². The molecule has 0 bridgehead atoms. The zero-order valence-corrected chi connectivity index (χ0v) is 12.3. The maximum Gasteiger partial charge on any atom is 2.00 e. The number of rotatable bonds is 1. The molecule has 1 aliphatic carbocycles. The summed E-state index contributed by atoms with van der Waals surface area (Å²) in [4.78, 5) is 0. The average molecular weight is 271 g/mol. The van der Waals surface area contributed by atoms with Crippen molar-refractivity contribution in [3.63, 3.8) is 0 Å². The molecule has 1 rings (SSSR count). The van der Waals surface area contributed by atoms with Crippen LogP contribution in [0.15, 0.2) is 16.7 Å². The Morgan fingerprint density at radius 3 is 1.71 bits per heavy atom. The zero-order valence-electron chi connectivity index (χ0n) is 9.41. The first-order valence-corrected chi connectivity index (χ1v) is 4.31. The molecule has 3 heteroatoms. The molecule has 0 aromatic rings. The van der Waals surface area contributed by atoms with Gasteiger partial charge in [0.15, 0.2) is 0 Å². The van der Waals surface area contributed by atoms with Crippen molar-refractivity contribution >= 4 is 0 Å². The van der Waals surface area contributed by atoms with Gasteiger partial charge in [0.1, 0.15) is 0 Å². The summed E-state index contributed by atoms with van der Waals surface area (Å²) >= 11 is 0. The van der Waals surface area contributed by atoms with Gasteiger partial charge < -0.3 is 24.8 Å². The predicted molar refractivity (Wildman–Crippen MR) is 49.2 cm³/mol. The van der Waals surface area contributed by atoms with Gasteiger partial charge in [-0.25, -0.2) is 5.57 Å². The molecular weight excluding hydrogens is 254 g/mol. The van der Waals surface area contributed by atoms with Crippen molar-refractivity contribution in [2.75, 3.05) is 0 Å². The van der Waals surface area contributed by atoms with E-state index in [-0.39, 0.29) is 48.8 Å². The summed E-state index contributed by atoms with van der Waals surface area (Å²) in [5.74, 6) is 0. The maximum atomic E-state index is 3.52. The fourth-order valence-corrected chi connectivity index (χ4v) is 1.61. The van der Waals surface area contributed by atoms with Gasteiger partial charge in [-0.1, -0.05) is 39.5 Å². The first kappa shape index (κ1) is 20.1. The quantitative estimate of drug-likeness (QED) is 0.463. The van der Waals surface area contributed by atoms with Crippen LogP contribution in [0.25, 0.3) is 0 Å². The summed E-state index contributed by atoms with van der Waals surface area (Å²) in [7, 11) is 0. The molecule has 0 aromatic carbocycles. The second-order valence-corrected chi connectivity index (χ2v) is 3.83. The topological polar surface area (TPSA) is 0 Å². The zero-order chi connectivity index (χ0) is 8.65. The average Bonchev–Trinajstić information content (AvgIpc) is 2.13. The van der Waals surface area contributed by atoms with Gasteiger partial charge in [0.2, 0.25) is 0 Å². The Kier molecular flexibility index (Phi) is 10.1. The summed E-state index contributed by atoms with van der Waals surface area (Å²) in [6.45, 7) is 11.1. The van der Waals surface area contributed by atoms with Crippen molar-refractivity contribution in [3.8, 4) is 0 Å². The SMILES string of the molecule is CCC1=[C-]C(C)(C)C(C)=C1C.[Cl-].[Cl-].[V+2]. The van der Waals surface area contributed by atoms with E-state index in [1.807, 2.05) is 0 Å². The van der Waals surface area contributed by atoms with Crippen LogP contribution in [0.4, 0.5) is 0 Å². The van der Waals surface area contributed by atoms with E-state index < -0.39 is 0 Å². The molecule has 0 spiro atoms. The Labute approximate surface area is 112 Å². The monoisotopic (exact) mass is 270 g/mol. The van der Waals surface area contributed by atoms with Crippen molar-refractivity contribution < 1.29 is 43.4 Å². The largest absolute Gasteiger partial charge is 2.00 e. The Balaban J connectivity index is -0.000000403. The summed E-state index contributed by atoms with van der Waals surface area (Å²) in [5, 5.41) is 0. The Bertz CT molecular complexity index is 240. The van der Waals surface area contributed by atoms with Crippen molar-refractivity contribution in [2.24, 2.45) is 5.41 Å². The van der Waals surface area contributed by atoms with E-state index in [2.05, 4.69) is 40.7 Å². The van der Waals surface area contributed by atoms with Crippen molar-refractivity contribution in [2.45, 2.75) is 41.0 Å². The third kappa shape index (κ3) is 3.66. The first-order chi connectivity index (χ1) is 4.99. The second-order valence-electron chi connectivity index (χ2n) is 3.83.